The van der Waals surface area contributed by atoms with Crippen LogP contribution < -0.4 is 10.5 Å². The molecule has 6 heteroatoms. The third-order valence-corrected chi connectivity index (χ3v) is 5.55. The SMILES string of the molecule is CC(C)c1cc(=O)n(CC2CCN(c3ccc(C4CC4)nn3)CC2)cn1. The zero-order valence-corrected chi connectivity index (χ0v) is 15.6. The fourth-order valence-corrected chi connectivity index (χ4v) is 3.62. The molecule has 6 nitrogen and oxygen atoms in total. The van der Waals surface area contributed by atoms with E-state index in [4.69, 9.17) is 0 Å². The Morgan fingerprint density at radius 2 is 1.88 bits per heavy atom. The van der Waals surface area contributed by atoms with Gasteiger partial charge >= 0.3 is 0 Å². The van der Waals surface area contributed by atoms with E-state index in [1.54, 1.807) is 17.0 Å². The Morgan fingerprint density at radius 1 is 1.12 bits per heavy atom. The normalized spacial score (nSPS) is 18.5. The first-order chi connectivity index (χ1) is 12.6. The van der Waals surface area contributed by atoms with Gasteiger partial charge in [-0.25, -0.2) is 4.98 Å². The van der Waals surface area contributed by atoms with Crippen molar-refractivity contribution >= 4 is 5.82 Å². The highest BCUT2D eigenvalue weighted by molar-refractivity contribution is 5.38. The molecule has 1 aliphatic carbocycles. The second-order valence-corrected chi connectivity index (χ2v) is 7.98. The highest BCUT2D eigenvalue weighted by Gasteiger charge is 2.26. The van der Waals surface area contributed by atoms with Crippen molar-refractivity contribution in [2.75, 3.05) is 18.0 Å². The Balaban J connectivity index is 1.34. The zero-order chi connectivity index (χ0) is 18.1. The summed E-state index contributed by atoms with van der Waals surface area (Å²) in [4.78, 5) is 19.0. The van der Waals surface area contributed by atoms with Crippen LogP contribution in [0.3, 0.4) is 0 Å². The van der Waals surface area contributed by atoms with Crippen LogP contribution in [-0.2, 0) is 6.54 Å². The lowest BCUT2D eigenvalue weighted by Gasteiger charge is -2.32. The van der Waals surface area contributed by atoms with Gasteiger partial charge in [0.25, 0.3) is 5.56 Å². The summed E-state index contributed by atoms with van der Waals surface area (Å²) in [7, 11) is 0. The van der Waals surface area contributed by atoms with Crippen molar-refractivity contribution in [3.05, 3.63) is 46.3 Å². The fraction of sp³-hybridized carbons (Fsp3) is 0.600. The van der Waals surface area contributed by atoms with E-state index in [2.05, 4.69) is 46.1 Å². The molecular weight excluding hydrogens is 326 g/mol. The van der Waals surface area contributed by atoms with Crippen molar-refractivity contribution in [3.8, 4) is 0 Å². The predicted molar refractivity (Wildman–Crippen MR) is 102 cm³/mol. The van der Waals surface area contributed by atoms with Crippen LogP contribution in [0.25, 0.3) is 0 Å². The Bertz CT molecular complexity index is 802. The third kappa shape index (κ3) is 3.79. The molecule has 0 bridgehead atoms. The average Bonchev–Trinajstić information content (AvgIpc) is 3.49. The summed E-state index contributed by atoms with van der Waals surface area (Å²) < 4.78 is 1.76. The number of aromatic nitrogens is 4. The summed E-state index contributed by atoms with van der Waals surface area (Å²) in [6.45, 7) is 6.80. The molecule has 4 rings (SSSR count). The van der Waals surface area contributed by atoms with Crippen LogP contribution in [0.4, 0.5) is 5.82 Å². The minimum absolute atomic E-state index is 0.0626. The first kappa shape index (κ1) is 17.2. The Hall–Kier alpha value is -2.24. The van der Waals surface area contributed by atoms with E-state index >= 15 is 0 Å². The van der Waals surface area contributed by atoms with Gasteiger partial charge < -0.3 is 4.90 Å². The van der Waals surface area contributed by atoms with Crippen molar-refractivity contribution in [3.63, 3.8) is 0 Å². The van der Waals surface area contributed by atoms with E-state index < -0.39 is 0 Å². The van der Waals surface area contributed by atoms with Gasteiger partial charge in [-0.2, -0.15) is 5.10 Å². The van der Waals surface area contributed by atoms with E-state index in [9.17, 15) is 4.79 Å². The smallest absolute Gasteiger partial charge is 0.253 e. The maximum atomic E-state index is 12.3. The molecule has 0 radical (unpaired) electrons. The summed E-state index contributed by atoms with van der Waals surface area (Å²) in [5, 5.41) is 8.81. The number of hydrogen-bond donors (Lipinski definition) is 0. The molecule has 2 aliphatic rings. The zero-order valence-electron chi connectivity index (χ0n) is 15.6. The molecule has 2 aromatic rings. The fourth-order valence-electron chi connectivity index (χ4n) is 3.62. The Morgan fingerprint density at radius 3 is 2.46 bits per heavy atom. The first-order valence-electron chi connectivity index (χ1n) is 9.75. The standard InChI is InChI=1S/C20H27N5O/c1-14(2)18-11-20(26)25(13-21-18)12-15-7-9-24(10-8-15)19-6-5-17(22-23-19)16-3-4-16/h5-6,11,13-16H,3-4,7-10,12H2,1-2H3. The van der Waals surface area contributed by atoms with Gasteiger partial charge in [0.1, 0.15) is 0 Å². The van der Waals surface area contributed by atoms with Crippen LogP contribution in [0.1, 0.15) is 62.8 Å². The van der Waals surface area contributed by atoms with Crippen molar-refractivity contribution in [1.29, 1.82) is 0 Å². The maximum Gasteiger partial charge on any atom is 0.253 e. The summed E-state index contributed by atoms with van der Waals surface area (Å²) in [5.74, 6) is 2.42. The van der Waals surface area contributed by atoms with Gasteiger partial charge in [0.15, 0.2) is 5.82 Å². The quantitative estimate of drug-likeness (QED) is 0.827. The summed E-state index contributed by atoms with van der Waals surface area (Å²) >= 11 is 0. The van der Waals surface area contributed by atoms with Gasteiger partial charge in [-0.3, -0.25) is 9.36 Å². The molecule has 0 N–H and O–H groups in total. The molecule has 1 saturated carbocycles. The minimum Gasteiger partial charge on any atom is -0.355 e. The van der Waals surface area contributed by atoms with E-state index in [0.29, 0.717) is 11.8 Å². The lowest BCUT2D eigenvalue weighted by Crippen LogP contribution is -2.37. The predicted octanol–water partition coefficient (Wildman–Crippen LogP) is 2.95. The number of anilines is 1. The van der Waals surface area contributed by atoms with Crippen molar-refractivity contribution in [2.45, 2.75) is 57.9 Å². The molecule has 2 aromatic heterocycles. The van der Waals surface area contributed by atoms with Crippen LogP contribution in [0.15, 0.2) is 29.3 Å². The van der Waals surface area contributed by atoms with E-state index in [0.717, 1.165) is 49.7 Å². The molecule has 3 heterocycles. The summed E-state index contributed by atoms with van der Waals surface area (Å²) in [5.41, 5.74) is 2.07. The van der Waals surface area contributed by atoms with Gasteiger partial charge in [0.2, 0.25) is 0 Å². The van der Waals surface area contributed by atoms with Crippen molar-refractivity contribution in [2.24, 2.45) is 5.92 Å². The molecule has 0 amide bonds. The van der Waals surface area contributed by atoms with E-state index in [1.165, 1.54) is 12.8 Å². The van der Waals surface area contributed by atoms with Crippen LogP contribution in [0.2, 0.25) is 0 Å². The molecular formula is C20H27N5O. The highest BCUT2D eigenvalue weighted by Crippen LogP contribution is 2.38. The van der Waals surface area contributed by atoms with Crippen LogP contribution in [0.5, 0.6) is 0 Å². The average molecular weight is 353 g/mol. The molecule has 2 fully saturated rings. The number of nitrogens with zero attached hydrogens (tertiary/aromatic N) is 5. The van der Waals surface area contributed by atoms with Crippen LogP contribution in [-0.4, -0.2) is 32.8 Å². The van der Waals surface area contributed by atoms with Gasteiger partial charge in [-0.1, -0.05) is 13.8 Å². The van der Waals surface area contributed by atoms with Gasteiger partial charge in [-0.15, -0.1) is 5.10 Å². The highest BCUT2D eigenvalue weighted by atomic mass is 16.1. The Labute approximate surface area is 154 Å². The van der Waals surface area contributed by atoms with E-state index in [1.807, 2.05) is 0 Å². The lowest BCUT2D eigenvalue weighted by atomic mass is 9.96. The Kier molecular flexibility index (Phi) is 4.74. The molecule has 1 aliphatic heterocycles. The van der Waals surface area contributed by atoms with Gasteiger partial charge in [0, 0.05) is 31.6 Å². The van der Waals surface area contributed by atoms with Crippen molar-refractivity contribution in [1.82, 2.24) is 19.7 Å². The molecule has 26 heavy (non-hydrogen) atoms. The van der Waals surface area contributed by atoms with E-state index in [-0.39, 0.29) is 11.5 Å². The first-order valence-corrected chi connectivity index (χ1v) is 9.75. The maximum absolute atomic E-state index is 12.3. The van der Waals surface area contributed by atoms with Crippen molar-refractivity contribution < 1.29 is 0 Å². The molecule has 0 unspecified atom stereocenters. The summed E-state index contributed by atoms with van der Waals surface area (Å²) in [6, 6.07) is 5.92. The molecule has 0 atom stereocenters. The lowest BCUT2D eigenvalue weighted by molar-refractivity contribution is 0.349. The van der Waals surface area contributed by atoms with Gasteiger partial charge in [0.05, 0.1) is 17.7 Å². The molecule has 0 aromatic carbocycles. The molecule has 138 valence electrons. The minimum atomic E-state index is 0.0626. The van der Waals surface area contributed by atoms with Crippen LogP contribution >= 0.6 is 0 Å². The molecule has 1 saturated heterocycles. The monoisotopic (exact) mass is 353 g/mol. The second kappa shape index (κ2) is 7.17. The number of hydrogen-bond acceptors (Lipinski definition) is 5. The number of rotatable bonds is 5. The second-order valence-electron chi connectivity index (χ2n) is 7.98. The largest absolute Gasteiger partial charge is 0.355 e. The third-order valence-electron chi connectivity index (χ3n) is 5.55. The van der Waals surface area contributed by atoms with Gasteiger partial charge in [-0.05, 0) is 49.7 Å². The summed E-state index contributed by atoms with van der Waals surface area (Å²) in [6.07, 6.45) is 6.35. The number of piperidine rings is 1. The topological polar surface area (TPSA) is 63.9 Å². The van der Waals surface area contributed by atoms with Crippen LogP contribution in [0, 0.1) is 5.92 Å². The molecule has 0 spiro atoms.